The standard InChI is InChI=1S/C15H11F3N6/c16-15(17,18)11-9(13-22-12(23-24-13)8-4-5-8)7-20-14(21-11)10-3-1-2-6-19-10/h1-3,6-8H,4-5H2,(H,22,23,24). The predicted molar refractivity (Wildman–Crippen MR) is 77.6 cm³/mol. The number of aromatic amines is 1. The summed E-state index contributed by atoms with van der Waals surface area (Å²) >= 11 is 0. The largest absolute Gasteiger partial charge is 0.434 e. The van der Waals surface area contributed by atoms with Crippen LogP contribution in [0.1, 0.15) is 30.3 Å². The summed E-state index contributed by atoms with van der Waals surface area (Å²) in [6, 6.07) is 4.87. The second kappa shape index (κ2) is 5.36. The number of aromatic nitrogens is 6. The number of pyridine rings is 1. The summed E-state index contributed by atoms with van der Waals surface area (Å²) in [7, 11) is 0. The molecule has 1 saturated carbocycles. The van der Waals surface area contributed by atoms with E-state index in [4.69, 9.17) is 0 Å². The van der Waals surface area contributed by atoms with Crippen molar-refractivity contribution in [2.24, 2.45) is 0 Å². The van der Waals surface area contributed by atoms with Crippen molar-refractivity contribution in [3.05, 3.63) is 42.1 Å². The molecule has 0 spiro atoms. The lowest BCUT2D eigenvalue weighted by Crippen LogP contribution is -2.12. The summed E-state index contributed by atoms with van der Waals surface area (Å²) in [4.78, 5) is 15.8. The number of rotatable bonds is 3. The van der Waals surface area contributed by atoms with Gasteiger partial charge in [-0.2, -0.15) is 18.3 Å². The molecule has 0 aromatic carbocycles. The van der Waals surface area contributed by atoms with Gasteiger partial charge in [0.15, 0.2) is 17.3 Å². The lowest BCUT2D eigenvalue weighted by molar-refractivity contribution is -0.140. The Morgan fingerprint density at radius 3 is 2.54 bits per heavy atom. The Morgan fingerprint density at radius 1 is 1.04 bits per heavy atom. The van der Waals surface area contributed by atoms with Crippen LogP contribution in [0.25, 0.3) is 22.9 Å². The lowest BCUT2D eigenvalue weighted by atomic mass is 10.2. The average Bonchev–Trinajstić information content (AvgIpc) is 3.32. The first-order valence-electron chi connectivity index (χ1n) is 7.30. The molecule has 0 atom stereocenters. The van der Waals surface area contributed by atoms with E-state index in [0.29, 0.717) is 5.82 Å². The number of halogens is 3. The van der Waals surface area contributed by atoms with E-state index in [9.17, 15) is 13.2 Å². The fourth-order valence-corrected chi connectivity index (χ4v) is 2.31. The molecule has 0 amide bonds. The van der Waals surface area contributed by atoms with Crippen molar-refractivity contribution in [1.29, 1.82) is 0 Å². The molecule has 4 rings (SSSR count). The van der Waals surface area contributed by atoms with Gasteiger partial charge < -0.3 is 0 Å². The van der Waals surface area contributed by atoms with Crippen LogP contribution in [-0.2, 0) is 6.18 Å². The van der Waals surface area contributed by atoms with Crippen molar-refractivity contribution in [1.82, 2.24) is 30.1 Å². The highest BCUT2D eigenvalue weighted by molar-refractivity contribution is 5.60. The number of nitrogens with one attached hydrogen (secondary N) is 1. The Bertz CT molecular complexity index is 870. The van der Waals surface area contributed by atoms with Crippen molar-refractivity contribution >= 4 is 0 Å². The van der Waals surface area contributed by atoms with Crippen LogP contribution >= 0.6 is 0 Å². The van der Waals surface area contributed by atoms with Gasteiger partial charge in [-0.15, -0.1) is 0 Å². The Labute approximate surface area is 134 Å². The summed E-state index contributed by atoms with van der Waals surface area (Å²) in [5, 5.41) is 6.59. The number of hydrogen-bond donors (Lipinski definition) is 1. The van der Waals surface area contributed by atoms with Gasteiger partial charge in [-0.05, 0) is 25.0 Å². The average molecular weight is 332 g/mol. The zero-order chi connectivity index (χ0) is 16.7. The molecule has 3 aromatic rings. The molecule has 3 aromatic heterocycles. The van der Waals surface area contributed by atoms with Gasteiger partial charge in [0.05, 0.1) is 5.56 Å². The van der Waals surface area contributed by atoms with Crippen LogP contribution in [0.15, 0.2) is 30.6 Å². The molecule has 1 aliphatic carbocycles. The molecule has 0 radical (unpaired) electrons. The van der Waals surface area contributed by atoms with Gasteiger partial charge in [-0.25, -0.2) is 15.0 Å². The van der Waals surface area contributed by atoms with Gasteiger partial charge in [0.25, 0.3) is 0 Å². The highest BCUT2D eigenvalue weighted by Crippen LogP contribution is 2.39. The smallest absolute Gasteiger partial charge is 0.262 e. The highest BCUT2D eigenvalue weighted by Gasteiger charge is 2.38. The van der Waals surface area contributed by atoms with E-state index < -0.39 is 11.9 Å². The summed E-state index contributed by atoms with van der Waals surface area (Å²) in [6.07, 6.45) is -0.148. The molecular weight excluding hydrogens is 321 g/mol. The fourth-order valence-electron chi connectivity index (χ4n) is 2.31. The Hall–Kier alpha value is -2.84. The first kappa shape index (κ1) is 14.7. The van der Waals surface area contributed by atoms with Crippen LogP contribution in [0.5, 0.6) is 0 Å². The molecule has 24 heavy (non-hydrogen) atoms. The summed E-state index contributed by atoms with van der Waals surface area (Å²) in [5.74, 6) is 0.725. The van der Waals surface area contributed by atoms with E-state index >= 15 is 0 Å². The third kappa shape index (κ3) is 2.72. The van der Waals surface area contributed by atoms with E-state index in [2.05, 4.69) is 30.1 Å². The number of alkyl halides is 3. The third-order valence-corrected chi connectivity index (χ3v) is 3.66. The first-order valence-corrected chi connectivity index (χ1v) is 7.30. The minimum Gasteiger partial charge on any atom is -0.262 e. The zero-order valence-corrected chi connectivity index (χ0v) is 12.2. The van der Waals surface area contributed by atoms with E-state index in [1.165, 1.54) is 6.20 Å². The summed E-state index contributed by atoms with van der Waals surface area (Å²) < 4.78 is 40.3. The van der Waals surface area contributed by atoms with Crippen molar-refractivity contribution in [2.75, 3.05) is 0 Å². The van der Waals surface area contributed by atoms with Crippen molar-refractivity contribution in [2.45, 2.75) is 24.9 Å². The van der Waals surface area contributed by atoms with Crippen molar-refractivity contribution in [3.8, 4) is 22.9 Å². The zero-order valence-electron chi connectivity index (χ0n) is 12.2. The molecule has 122 valence electrons. The third-order valence-electron chi connectivity index (χ3n) is 3.66. The Morgan fingerprint density at radius 2 is 1.88 bits per heavy atom. The molecule has 0 aliphatic heterocycles. The quantitative estimate of drug-likeness (QED) is 0.796. The minimum absolute atomic E-state index is 0.0446. The number of H-pyrrole nitrogens is 1. The molecule has 1 aliphatic rings. The lowest BCUT2D eigenvalue weighted by Gasteiger charge is -2.10. The molecule has 6 nitrogen and oxygen atoms in total. The molecule has 3 heterocycles. The van der Waals surface area contributed by atoms with Crippen LogP contribution < -0.4 is 0 Å². The normalized spacial score (nSPS) is 14.8. The van der Waals surface area contributed by atoms with E-state index in [0.717, 1.165) is 19.0 Å². The van der Waals surface area contributed by atoms with E-state index in [-0.39, 0.29) is 28.8 Å². The molecule has 9 heteroatoms. The Kier molecular flexibility index (Phi) is 3.29. The van der Waals surface area contributed by atoms with E-state index in [1.54, 1.807) is 18.2 Å². The summed E-state index contributed by atoms with van der Waals surface area (Å²) in [5.41, 5.74) is -1.05. The van der Waals surface area contributed by atoms with E-state index in [1.807, 2.05) is 0 Å². The maximum Gasteiger partial charge on any atom is 0.434 e. The SMILES string of the molecule is FC(F)(F)c1nc(-c2ccccn2)ncc1-c1n[nH]c(C2CC2)n1. The summed E-state index contributed by atoms with van der Waals surface area (Å²) in [6.45, 7) is 0. The molecule has 1 N–H and O–H groups in total. The van der Waals surface area contributed by atoms with Crippen LogP contribution in [0.3, 0.4) is 0 Å². The van der Waals surface area contributed by atoms with Crippen LogP contribution in [0.2, 0.25) is 0 Å². The monoisotopic (exact) mass is 332 g/mol. The predicted octanol–water partition coefficient (Wildman–Crippen LogP) is 3.22. The minimum atomic E-state index is -4.65. The van der Waals surface area contributed by atoms with Crippen LogP contribution in [0, 0.1) is 0 Å². The number of hydrogen-bond acceptors (Lipinski definition) is 5. The maximum absolute atomic E-state index is 13.4. The van der Waals surface area contributed by atoms with Gasteiger partial charge in [0.2, 0.25) is 0 Å². The molecule has 0 saturated heterocycles. The van der Waals surface area contributed by atoms with Crippen molar-refractivity contribution < 1.29 is 13.2 Å². The number of nitrogens with zero attached hydrogens (tertiary/aromatic N) is 5. The second-order valence-corrected chi connectivity index (χ2v) is 5.49. The van der Waals surface area contributed by atoms with Gasteiger partial charge in [-0.3, -0.25) is 10.1 Å². The van der Waals surface area contributed by atoms with Gasteiger partial charge in [0, 0.05) is 18.3 Å². The van der Waals surface area contributed by atoms with Crippen LogP contribution in [-0.4, -0.2) is 30.1 Å². The Balaban J connectivity index is 1.81. The first-order chi connectivity index (χ1) is 11.5. The molecule has 0 unspecified atom stereocenters. The van der Waals surface area contributed by atoms with Gasteiger partial charge >= 0.3 is 6.18 Å². The molecule has 1 fully saturated rings. The fraction of sp³-hybridized carbons (Fsp3) is 0.267. The van der Waals surface area contributed by atoms with Crippen LogP contribution in [0.4, 0.5) is 13.2 Å². The second-order valence-electron chi connectivity index (χ2n) is 5.49. The highest BCUT2D eigenvalue weighted by atomic mass is 19.4. The van der Waals surface area contributed by atoms with Crippen molar-refractivity contribution in [3.63, 3.8) is 0 Å². The topological polar surface area (TPSA) is 80.2 Å². The van der Waals surface area contributed by atoms with Gasteiger partial charge in [0.1, 0.15) is 11.5 Å². The molecular formula is C15H11F3N6. The van der Waals surface area contributed by atoms with Gasteiger partial charge in [-0.1, -0.05) is 6.07 Å². The molecule has 0 bridgehead atoms. The maximum atomic E-state index is 13.4.